The minimum absolute atomic E-state index is 0.144. The number of methoxy groups -OCH3 is 1. The first-order valence-corrected chi connectivity index (χ1v) is 10.3. The van der Waals surface area contributed by atoms with Gasteiger partial charge in [-0.05, 0) is 72.3 Å². The number of hydrazone groups is 1. The number of amides is 1. The average Bonchev–Trinajstić information content (AvgIpc) is 2.74. The molecular weight excluding hydrogens is 499 g/mol. The molecule has 0 saturated carbocycles. The van der Waals surface area contributed by atoms with Crippen LogP contribution in [-0.4, -0.2) is 39.1 Å². The number of carbonyl (C=O) groups is 1. The highest BCUT2D eigenvalue weighted by Crippen LogP contribution is 2.34. The summed E-state index contributed by atoms with van der Waals surface area (Å²) in [7, 11) is 1.52. The van der Waals surface area contributed by atoms with Gasteiger partial charge >= 0.3 is 0 Å². The molecule has 0 aromatic heterocycles. The maximum atomic E-state index is 12.4. The number of terminal acetylenes is 1. The number of nitrogens with zero attached hydrogens (tertiary/aromatic N) is 1. The number of halogens is 1. The smallest absolute Gasteiger partial charge is 0.271 e. The molecule has 2 rings (SSSR count). The van der Waals surface area contributed by atoms with Gasteiger partial charge in [0.05, 0.1) is 30.1 Å². The van der Waals surface area contributed by atoms with Crippen molar-refractivity contribution in [3.8, 4) is 35.3 Å². The lowest BCUT2D eigenvalue weighted by molar-refractivity contribution is 0.0954. The van der Waals surface area contributed by atoms with Crippen LogP contribution in [-0.2, 0) is 0 Å². The molecule has 30 heavy (non-hydrogen) atoms. The fourth-order valence-electron chi connectivity index (χ4n) is 2.49. The van der Waals surface area contributed by atoms with Crippen molar-refractivity contribution >= 4 is 34.7 Å². The molecule has 0 aliphatic rings. The van der Waals surface area contributed by atoms with E-state index in [9.17, 15) is 4.79 Å². The highest BCUT2D eigenvalue weighted by molar-refractivity contribution is 14.1. The summed E-state index contributed by atoms with van der Waals surface area (Å²) in [6, 6.07) is 8.56. The summed E-state index contributed by atoms with van der Waals surface area (Å²) >= 11 is 2.13. The number of rotatable bonds is 10. The van der Waals surface area contributed by atoms with Crippen LogP contribution in [0.2, 0.25) is 0 Å². The van der Waals surface area contributed by atoms with E-state index in [0.717, 1.165) is 9.13 Å². The van der Waals surface area contributed by atoms with Crippen molar-refractivity contribution in [2.24, 2.45) is 5.10 Å². The Bertz CT molecular complexity index is 953. The van der Waals surface area contributed by atoms with Crippen molar-refractivity contribution in [1.29, 1.82) is 0 Å². The second-order valence-electron chi connectivity index (χ2n) is 5.75. The lowest BCUT2D eigenvalue weighted by Crippen LogP contribution is -2.17. The van der Waals surface area contributed by atoms with E-state index in [1.54, 1.807) is 24.3 Å². The van der Waals surface area contributed by atoms with Crippen molar-refractivity contribution < 1.29 is 23.7 Å². The van der Waals surface area contributed by atoms with Crippen LogP contribution in [0.15, 0.2) is 35.4 Å². The topological polar surface area (TPSA) is 78.4 Å². The number of ether oxygens (including phenoxy) is 4. The van der Waals surface area contributed by atoms with Gasteiger partial charge in [-0.1, -0.05) is 5.92 Å². The molecule has 0 bridgehead atoms. The molecule has 0 heterocycles. The van der Waals surface area contributed by atoms with Crippen molar-refractivity contribution in [2.75, 3.05) is 26.9 Å². The molecule has 0 radical (unpaired) electrons. The Hall–Kier alpha value is -2.93. The third-order valence-electron chi connectivity index (χ3n) is 3.74. The van der Waals surface area contributed by atoms with Crippen LogP contribution < -0.4 is 24.4 Å². The molecule has 0 aliphatic carbocycles. The van der Waals surface area contributed by atoms with E-state index in [-0.39, 0.29) is 12.5 Å². The standard InChI is InChI=1S/C22H23IN2O5/c1-5-10-30-21-17(23)11-15(12-20(21)29-7-3)14-24-25-22(26)16-8-9-18(28-6-2)19(13-16)27-4/h1,8-9,11-14H,6-7,10H2,2-4H3,(H,25,26)/b24-14+. The number of hydrogen-bond acceptors (Lipinski definition) is 6. The van der Waals surface area contributed by atoms with Gasteiger partial charge < -0.3 is 18.9 Å². The summed E-state index contributed by atoms with van der Waals surface area (Å²) in [5, 5.41) is 4.04. The Kier molecular flexibility index (Phi) is 9.28. The Morgan fingerprint density at radius 2 is 1.87 bits per heavy atom. The van der Waals surface area contributed by atoms with Gasteiger partial charge in [0.25, 0.3) is 5.91 Å². The number of nitrogens with one attached hydrogen (secondary N) is 1. The van der Waals surface area contributed by atoms with Crippen molar-refractivity contribution in [2.45, 2.75) is 13.8 Å². The second kappa shape index (κ2) is 11.9. The second-order valence-corrected chi connectivity index (χ2v) is 6.92. The van der Waals surface area contributed by atoms with E-state index in [2.05, 4.69) is 39.0 Å². The Balaban J connectivity index is 2.14. The molecule has 1 amide bonds. The minimum atomic E-state index is -0.374. The van der Waals surface area contributed by atoms with Gasteiger partial charge in [0, 0.05) is 5.56 Å². The summed E-state index contributed by atoms with van der Waals surface area (Å²) in [6.45, 7) is 4.87. The summed E-state index contributed by atoms with van der Waals surface area (Å²) in [5.41, 5.74) is 3.64. The van der Waals surface area contributed by atoms with Crippen LogP contribution in [0.3, 0.4) is 0 Å². The number of carbonyl (C=O) groups excluding carboxylic acids is 1. The molecular formula is C22H23IN2O5. The largest absolute Gasteiger partial charge is 0.493 e. The first-order valence-electron chi connectivity index (χ1n) is 9.20. The zero-order valence-corrected chi connectivity index (χ0v) is 19.2. The summed E-state index contributed by atoms with van der Waals surface area (Å²) in [4.78, 5) is 12.4. The summed E-state index contributed by atoms with van der Waals surface area (Å²) in [6.07, 6.45) is 6.80. The van der Waals surface area contributed by atoms with Crippen LogP contribution in [0.25, 0.3) is 0 Å². The minimum Gasteiger partial charge on any atom is -0.493 e. The van der Waals surface area contributed by atoms with E-state index >= 15 is 0 Å². The Morgan fingerprint density at radius 1 is 1.13 bits per heavy atom. The summed E-state index contributed by atoms with van der Waals surface area (Å²) in [5.74, 6) is 4.26. The molecule has 7 nitrogen and oxygen atoms in total. The van der Waals surface area contributed by atoms with Gasteiger partial charge in [0.2, 0.25) is 0 Å². The zero-order chi connectivity index (χ0) is 21.9. The molecule has 8 heteroatoms. The van der Waals surface area contributed by atoms with E-state index in [0.29, 0.717) is 41.8 Å². The normalized spacial score (nSPS) is 10.4. The lowest BCUT2D eigenvalue weighted by atomic mass is 10.2. The fourth-order valence-corrected chi connectivity index (χ4v) is 3.27. The predicted molar refractivity (Wildman–Crippen MR) is 124 cm³/mol. The van der Waals surface area contributed by atoms with Crippen molar-refractivity contribution in [3.63, 3.8) is 0 Å². The van der Waals surface area contributed by atoms with Gasteiger partial charge in [-0.25, -0.2) is 5.43 Å². The third-order valence-corrected chi connectivity index (χ3v) is 4.54. The maximum absolute atomic E-state index is 12.4. The molecule has 0 spiro atoms. The van der Waals surface area contributed by atoms with Gasteiger partial charge in [-0.3, -0.25) is 4.79 Å². The molecule has 0 fully saturated rings. The van der Waals surface area contributed by atoms with Crippen LogP contribution in [0.5, 0.6) is 23.0 Å². The van der Waals surface area contributed by atoms with Crippen molar-refractivity contribution in [1.82, 2.24) is 5.43 Å². The average molecular weight is 522 g/mol. The number of benzene rings is 2. The van der Waals surface area contributed by atoms with Crippen LogP contribution in [0.4, 0.5) is 0 Å². The molecule has 158 valence electrons. The fraction of sp³-hybridized carbons (Fsp3) is 0.273. The molecule has 0 aliphatic heterocycles. The van der Waals surface area contributed by atoms with E-state index in [1.165, 1.54) is 13.3 Å². The van der Waals surface area contributed by atoms with Crippen LogP contribution >= 0.6 is 22.6 Å². The molecule has 0 atom stereocenters. The Labute approximate surface area is 189 Å². The summed E-state index contributed by atoms with van der Waals surface area (Å²) < 4.78 is 22.7. The molecule has 2 aromatic carbocycles. The monoisotopic (exact) mass is 522 g/mol. The lowest BCUT2D eigenvalue weighted by Gasteiger charge is -2.13. The molecule has 0 unspecified atom stereocenters. The quantitative estimate of drug-likeness (QED) is 0.222. The molecule has 1 N–H and O–H groups in total. The van der Waals surface area contributed by atoms with E-state index in [4.69, 9.17) is 25.4 Å². The highest BCUT2D eigenvalue weighted by Gasteiger charge is 2.12. The van der Waals surface area contributed by atoms with Gasteiger partial charge in [-0.2, -0.15) is 5.10 Å². The highest BCUT2D eigenvalue weighted by atomic mass is 127. The van der Waals surface area contributed by atoms with Crippen LogP contribution in [0.1, 0.15) is 29.8 Å². The van der Waals surface area contributed by atoms with Gasteiger partial charge in [0.15, 0.2) is 23.0 Å². The van der Waals surface area contributed by atoms with Gasteiger partial charge in [0.1, 0.15) is 6.61 Å². The van der Waals surface area contributed by atoms with Crippen LogP contribution in [0, 0.1) is 15.9 Å². The molecule has 2 aromatic rings. The Morgan fingerprint density at radius 3 is 2.53 bits per heavy atom. The van der Waals surface area contributed by atoms with E-state index in [1.807, 2.05) is 19.9 Å². The third kappa shape index (κ3) is 6.29. The van der Waals surface area contributed by atoms with Crippen molar-refractivity contribution in [3.05, 3.63) is 45.0 Å². The first-order chi connectivity index (χ1) is 14.5. The SMILES string of the molecule is C#CCOc1c(I)cc(/C=N/NC(=O)c2ccc(OCC)c(OC)c2)cc1OCC. The van der Waals surface area contributed by atoms with Gasteiger partial charge in [-0.15, -0.1) is 6.42 Å². The number of hydrogen-bond donors (Lipinski definition) is 1. The zero-order valence-electron chi connectivity index (χ0n) is 17.0. The first kappa shape index (κ1) is 23.3. The van der Waals surface area contributed by atoms with E-state index < -0.39 is 0 Å². The maximum Gasteiger partial charge on any atom is 0.271 e. The molecule has 0 saturated heterocycles. The predicted octanol–water partition coefficient (Wildman–Crippen LogP) is 3.87.